The summed E-state index contributed by atoms with van der Waals surface area (Å²) in [5.74, 6) is 0.304. The molecule has 3 heterocycles. The Bertz CT molecular complexity index is 1970. The van der Waals surface area contributed by atoms with Gasteiger partial charge in [-0.1, -0.05) is 29.8 Å². The fourth-order valence-electron chi connectivity index (χ4n) is 5.40. The molecular weight excluding hydrogens is 664 g/mol. The minimum absolute atomic E-state index is 0.0545. The van der Waals surface area contributed by atoms with Crippen molar-refractivity contribution in [2.24, 2.45) is 0 Å². The first kappa shape index (κ1) is 29.1. The number of nitrogens with one attached hydrogen (secondary N) is 1. The van der Waals surface area contributed by atoms with E-state index in [-0.39, 0.29) is 49.6 Å². The lowest BCUT2D eigenvalue weighted by molar-refractivity contribution is 0.0706. The Kier molecular flexibility index (Phi) is 7.76. The van der Waals surface area contributed by atoms with Crippen molar-refractivity contribution in [1.29, 1.82) is 0 Å². The number of ether oxygens (including phenoxy) is 1. The molecule has 0 saturated heterocycles. The molecule has 0 bridgehead atoms. The molecule has 5 aromatic rings. The molecule has 0 unspecified atom stereocenters. The van der Waals surface area contributed by atoms with E-state index in [1.807, 2.05) is 24.3 Å². The minimum Gasteiger partial charge on any atom is -0.490 e. The molecule has 0 spiro atoms. The van der Waals surface area contributed by atoms with Crippen molar-refractivity contribution in [1.82, 2.24) is 29.5 Å². The molecule has 13 heteroatoms. The monoisotopic (exact) mass is 688 g/mol. The fourth-order valence-corrected chi connectivity index (χ4v) is 5.83. The number of carbonyl (C=O) groups is 2. The Labute approximate surface area is 270 Å². The van der Waals surface area contributed by atoms with Crippen molar-refractivity contribution in [3.63, 3.8) is 0 Å². The third-order valence-corrected chi connectivity index (χ3v) is 9.05. The smallest absolute Gasteiger partial charge is 0.333 e. The van der Waals surface area contributed by atoms with Crippen molar-refractivity contribution < 1.29 is 18.7 Å². The van der Waals surface area contributed by atoms with Gasteiger partial charge in [0.05, 0.1) is 29.1 Å². The van der Waals surface area contributed by atoms with E-state index in [9.17, 15) is 14.4 Å². The molecular formula is C32H26BrClN6O5. The lowest BCUT2D eigenvalue weighted by Crippen LogP contribution is -2.41. The Morgan fingerprint density at radius 3 is 2.60 bits per heavy atom. The van der Waals surface area contributed by atoms with Gasteiger partial charge in [0, 0.05) is 35.2 Å². The Morgan fingerprint density at radius 2 is 1.87 bits per heavy atom. The third kappa shape index (κ3) is 5.78. The molecule has 7 rings (SSSR count). The maximum Gasteiger partial charge on any atom is 0.333 e. The first-order valence-electron chi connectivity index (χ1n) is 14.4. The van der Waals surface area contributed by atoms with Gasteiger partial charge in [0.2, 0.25) is 12.3 Å². The molecule has 2 amide bonds. The van der Waals surface area contributed by atoms with Gasteiger partial charge in [-0.3, -0.25) is 18.7 Å². The normalized spacial score (nSPS) is 14.2. The van der Waals surface area contributed by atoms with Crippen LogP contribution < -0.4 is 15.7 Å². The number of halogens is 2. The van der Waals surface area contributed by atoms with Crippen LogP contribution in [-0.4, -0.2) is 48.7 Å². The molecule has 0 atom stereocenters. The Balaban J connectivity index is 1.24. The molecule has 228 valence electrons. The minimum atomic E-state index is -0.472. The number of hydrogen-bond donors (Lipinski definition) is 1. The van der Waals surface area contributed by atoms with E-state index < -0.39 is 5.91 Å². The molecule has 1 N–H and O–H groups in total. The third-order valence-electron chi connectivity index (χ3n) is 7.82. The van der Waals surface area contributed by atoms with E-state index in [4.69, 9.17) is 20.8 Å². The molecule has 2 aromatic heterocycles. The molecule has 0 radical (unpaired) electrons. The summed E-state index contributed by atoms with van der Waals surface area (Å²) in [6, 6.07) is 19.5. The SMILES string of the molecule is O=C(NCc1ccccc1-c1nnco1)c1c2n(c(=O)n1-c1ccc(OC3CC3)cc1)CCN(C(=O)c1ccc(Br)c(Cl)c1)C2. The molecule has 1 aliphatic heterocycles. The van der Waals surface area contributed by atoms with Crippen molar-refractivity contribution >= 4 is 39.3 Å². The number of imidazole rings is 1. The summed E-state index contributed by atoms with van der Waals surface area (Å²) in [6.45, 7) is 0.694. The zero-order valence-electron chi connectivity index (χ0n) is 23.8. The molecule has 1 aliphatic carbocycles. The fraction of sp³-hybridized carbons (Fsp3) is 0.219. The predicted octanol–water partition coefficient (Wildman–Crippen LogP) is 5.23. The summed E-state index contributed by atoms with van der Waals surface area (Å²) in [7, 11) is 0. The van der Waals surface area contributed by atoms with Crippen molar-refractivity contribution in [2.75, 3.05) is 6.54 Å². The van der Waals surface area contributed by atoms with E-state index in [1.165, 1.54) is 11.0 Å². The second kappa shape index (κ2) is 12.0. The van der Waals surface area contributed by atoms with Crippen LogP contribution in [0.5, 0.6) is 5.75 Å². The number of nitrogens with zero attached hydrogens (tertiary/aromatic N) is 5. The average Bonchev–Trinajstić information content (AvgIpc) is 3.60. The zero-order valence-corrected chi connectivity index (χ0v) is 26.1. The van der Waals surface area contributed by atoms with Crippen molar-refractivity contribution in [3.8, 4) is 22.9 Å². The first-order valence-corrected chi connectivity index (χ1v) is 15.5. The van der Waals surface area contributed by atoms with Gasteiger partial charge in [-0.2, -0.15) is 0 Å². The van der Waals surface area contributed by atoms with E-state index in [0.29, 0.717) is 43.6 Å². The van der Waals surface area contributed by atoms with E-state index >= 15 is 0 Å². The van der Waals surface area contributed by atoms with Gasteiger partial charge in [-0.15, -0.1) is 10.2 Å². The number of rotatable bonds is 8. The highest BCUT2D eigenvalue weighted by Crippen LogP contribution is 2.29. The number of carbonyl (C=O) groups excluding carboxylic acids is 2. The van der Waals surface area contributed by atoms with Crippen LogP contribution in [0, 0.1) is 0 Å². The number of hydrogen-bond acceptors (Lipinski definition) is 7. The molecule has 45 heavy (non-hydrogen) atoms. The topological polar surface area (TPSA) is 124 Å². The summed E-state index contributed by atoms with van der Waals surface area (Å²) in [5, 5.41) is 11.1. The van der Waals surface area contributed by atoms with Crippen LogP contribution in [0.2, 0.25) is 5.02 Å². The van der Waals surface area contributed by atoms with Gasteiger partial charge in [-0.25, -0.2) is 4.79 Å². The second-order valence-corrected chi connectivity index (χ2v) is 12.1. The van der Waals surface area contributed by atoms with Gasteiger partial charge < -0.3 is 19.4 Å². The van der Waals surface area contributed by atoms with Crippen LogP contribution >= 0.6 is 27.5 Å². The summed E-state index contributed by atoms with van der Waals surface area (Å²) < 4.78 is 14.9. The highest BCUT2D eigenvalue weighted by atomic mass is 79.9. The molecule has 3 aromatic carbocycles. The quantitative estimate of drug-likeness (QED) is 0.237. The van der Waals surface area contributed by atoms with Crippen LogP contribution in [0.25, 0.3) is 17.1 Å². The van der Waals surface area contributed by atoms with Crippen molar-refractivity contribution in [3.05, 3.63) is 116 Å². The Morgan fingerprint density at radius 1 is 1.07 bits per heavy atom. The number of aromatic nitrogens is 4. The maximum atomic E-state index is 14.1. The molecule has 11 nitrogen and oxygen atoms in total. The van der Waals surface area contributed by atoms with Crippen molar-refractivity contribution in [2.45, 2.75) is 38.6 Å². The zero-order chi connectivity index (χ0) is 31.1. The summed E-state index contributed by atoms with van der Waals surface area (Å²) in [6.07, 6.45) is 3.51. The maximum absolute atomic E-state index is 14.1. The molecule has 1 saturated carbocycles. The summed E-state index contributed by atoms with van der Waals surface area (Å²) in [4.78, 5) is 43.1. The van der Waals surface area contributed by atoms with Crippen LogP contribution in [0.3, 0.4) is 0 Å². The van der Waals surface area contributed by atoms with Gasteiger partial charge in [-0.05, 0) is 82.9 Å². The summed E-state index contributed by atoms with van der Waals surface area (Å²) in [5.41, 5.74) is 2.58. The summed E-state index contributed by atoms with van der Waals surface area (Å²) >= 11 is 9.63. The van der Waals surface area contributed by atoms with Crippen LogP contribution in [0.1, 0.15) is 44.9 Å². The highest BCUT2D eigenvalue weighted by molar-refractivity contribution is 9.10. The Hall–Kier alpha value is -4.68. The largest absolute Gasteiger partial charge is 0.490 e. The van der Waals surface area contributed by atoms with E-state index in [2.05, 4.69) is 31.4 Å². The lowest BCUT2D eigenvalue weighted by Gasteiger charge is -2.28. The van der Waals surface area contributed by atoms with Crippen LogP contribution in [0.4, 0.5) is 0 Å². The van der Waals surface area contributed by atoms with Gasteiger partial charge in [0.1, 0.15) is 11.4 Å². The van der Waals surface area contributed by atoms with Gasteiger partial charge in [0.15, 0.2) is 0 Å². The number of benzene rings is 3. The standard InChI is InChI=1S/C32H26BrClN6O5/c33-25-12-5-19(15-26(25)34)31(42)38-13-14-39-27(17-38)28(40(32(39)43)21-6-8-22(9-7-21)45-23-10-11-23)29(41)35-16-20-3-1-2-4-24(20)30-37-36-18-44-30/h1-9,12,15,18,23H,10-11,13-14,16-17H2,(H,35,41). The first-order chi connectivity index (χ1) is 21.9. The predicted molar refractivity (Wildman–Crippen MR) is 168 cm³/mol. The van der Waals surface area contributed by atoms with Gasteiger partial charge >= 0.3 is 5.69 Å². The molecule has 1 fully saturated rings. The number of fused-ring (bicyclic) bond motifs is 1. The average molecular weight is 690 g/mol. The lowest BCUT2D eigenvalue weighted by atomic mass is 10.1. The van der Waals surface area contributed by atoms with E-state index in [1.54, 1.807) is 51.9 Å². The molecule has 2 aliphatic rings. The second-order valence-electron chi connectivity index (χ2n) is 10.8. The van der Waals surface area contributed by atoms with E-state index in [0.717, 1.165) is 18.4 Å². The number of amides is 2. The van der Waals surface area contributed by atoms with Crippen LogP contribution in [-0.2, 0) is 19.6 Å². The van der Waals surface area contributed by atoms with Crippen LogP contribution in [0.15, 0.2) is 86.8 Å². The highest BCUT2D eigenvalue weighted by Gasteiger charge is 2.32. The van der Waals surface area contributed by atoms with Gasteiger partial charge in [0.25, 0.3) is 11.8 Å².